The Morgan fingerprint density at radius 3 is 2.18 bits per heavy atom. The molecule has 28 heavy (non-hydrogen) atoms. The summed E-state index contributed by atoms with van der Waals surface area (Å²) in [5.41, 5.74) is 1.81. The van der Waals surface area contributed by atoms with Crippen molar-refractivity contribution in [2.75, 3.05) is 31.1 Å². The van der Waals surface area contributed by atoms with Gasteiger partial charge in [-0.2, -0.15) is 0 Å². The normalized spacial score (nSPS) is 14.3. The molecule has 0 spiro atoms. The molecule has 1 aliphatic rings. The summed E-state index contributed by atoms with van der Waals surface area (Å²) in [6.07, 6.45) is 1.66. The molecule has 1 fully saturated rings. The van der Waals surface area contributed by atoms with E-state index in [-0.39, 0.29) is 17.9 Å². The van der Waals surface area contributed by atoms with Gasteiger partial charge in [0, 0.05) is 51.9 Å². The van der Waals surface area contributed by atoms with Crippen LogP contribution < -0.4 is 4.90 Å². The fourth-order valence-corrected chi connectivity index (χ4v) is 3.40. The molecule has 3 rings (SSSR count). The highest BCUT2D eigenvalue weighted by Crippen LogP contribution is 2.19. The van der Waals surface area contributed by atoms with Crippen LogP contribution in [0.4, 0.5) is 5.82 Å². The number of nitrogens with zero attached hydrogens (tertiary/aromatic N) is 4. The number of rotatable bonds is 5. The summed E-state index contributed by atoms with van der Waals surface area (Å²) in [7, 11) is 0. The smallest absolute Gasteiger partial charge is 0.255 e. The lowest BCUT2D eigenvalue weighted by Gasteiger charge is -2.34. The van der Waals surface area contributed by atoms with Gasteiger partial charge in [0.05, 0.1) is 5.56 Å². The highest BCUT2D eigenvalue weighted by Gasteiger charge is 2.23. The maximum Gasteiger partial charge on any atom is 0.255 e. The van der Waals surface area contributed by atoms with E-state index in [1.54, 1.807) is 22.9 Å². The predicted molar refractivity (Wildman–Crippen MR) is 110 cm³/mol. The number of pyridine rings is 1. The third-order valence-electron chi connectivity index (χ3n) is 5.12. The molecule has 6 nitrogen and oxygen atoms in total. The first kappa shape index (κ1) is 19.9. The molecule has 1 aliphatic heterocycles. The topological polar surface area (TPSA) is 56.8 Å². The minimum Gasteiger partial charge on any atom is -0.350 e. The van der Waals surface area contributed by atoms with E-state index in [9.17, 15) is 9.59 Å². The van der Waals surface area contributed by atoms with Crippen molar-refractivity contribution in [2.24, 2.45) is 0 Å². The third kappa shape index (κ3) is 4.68. The Labute approximate surface area is 166 Å². The monoisotopic (exact) mass is 380 g/mol. The van der Waals surface area contributed by atoms with Gasteiger partial charge in [0.25, 0.3) is 5.91 Å². The summed E-state index contributed by atoms with van der Waals surface area (Å²) in [6.45, 7) is 8.91. The van der Waals surface area contributed by atoms with Gasteiger partial charge in [-0.3, -0.25) is 9.59 Å². The second-order valence-electron chi connectivity index (χ2n) is 7.41. The van der Waals surface area contributed by atoms with Gasteiger partial charge >= 0.3 is 0 Å². The van der Waals surface area contributed by atoms with E-state index in [0.717, 1.165) is 12.4 Å². The summed E-state index contributed by atoms with van der Waals surface area (Å²) < 4.78 is 0. The standard InChI is InChI=1S/C22H28N4O2/c1-17(2)26(16-19-7-5-4-6-8-19)21-10-9-20(15-23-21)22(28)25-13-11-24(12-14-25)18(3)27/h4-10,15,17H,11-14,16H2,1-3H3. The van der Waals surface area contributed by atoms with Crippen LogP contribution in [-0.2, 0) is 11.3 Å². The molecule has 0 bridgehead atoms. The van der Waals surface area contributed by atoms with Crippen molar-refractivity contribution in [1.29, 1.82) is 0 Å². The fourth-order valence-electron chi connectivity index (χ4n) is 3.40. The summed E-state index contributed by atoms with van der Waals surface area (Å²) in [5, 5.41) is 0. The highest BCUT2D eigenvalue weighted by atomic mass is 16.2. The Morgan fingerprint density at radius 1 is 1.00 bits per heavy atom. The van der Waals surface area contributed by atoms with E-state index < -0.39 is 0 Å². The Morgan fingerprint density at radius 2 is 1.64 bits per heavy atom. The molecule has 0 saturated carbocycles. The van der Waals surface area contributed by atoms with Crippen LogP contribution in [0.2, 0.25) is 0 Å². The number of carbonyl (C=O) groups is 2. The van der Waals surface area contributed by atoms with E-state index in [2.05, 4.69) is 35.9 Å². The second kappa shape index (κ2) is 8.87. The van der Waals surface area contributed by atoms with E-state index in [4.69, 9.17) is 0 Å². The first-order chi connectivity index (χ1) is 13.5. The summed E-state index contributed by atoms with van der Waals surface area (Å²) in [6, 6.07) is 14.3. The van der Waals surface area contributed by atoms with Crippen LogP contribution in [0, 0.1) is 0 Å². The number of carbonyl (C=O) groups excluding carboxylic acids is 2. The second-order valence-corrected chi connectivity index (χ2v) is 7.41. The maximum atomic E-state index is 12.8. The Balaban J connectivity index is 1.68. The lowest BCUT2D eigenvalue weighted by atomic mass is 10.1. The van der Waals surface area contributed by atoms with Crippen LogP contribution in [0.15, 0.2) is 48.7 Å². The van der Waals surface area contributed by atoms with Gasteiger partial charge in [0.1, 0.15) is 5.82 Å². The predicted octanol–water partition coefficient (Wildman–Crippen LogP) is 2.80. The molecule has 6 heteroatoms. The first-order valence-electron chi connectivity index (χ1n) is 9.77. The number of amides is 2. The Hall–Kier alpha value is -2.89. The van der Waals surface area contributed by atoms with Crippen molar-refractivity contribution in [3.05, 3.63) is 59.8 Å². The lowest BCUT2D eigenvalue weighted by molar-refractivity contribution is -0.130. The molecule has 1 aromatic heterocycles. The van der Waals surface area contributed by atoms with Gasteiger partial charge in [0.15, 0.2) is 0 Å². The SMILES string of the molecule is CC(=O)N1CCN(C(=O)c2ccc(N(Cc3ccccc3)C(C)C)nc2)CC1. The average molecular weight is 380 g/mol. The van der Waals surface area contributed by atoms with Crippen LogP contribution in [0.25, 0.3) is 0 Å². The summed E-state index contributed by atoms with van der Waals surface area (Å²) in [5.74, 6) is 0.892. The van der Waals surface area contributed by atoms with E-state index in [0.29, 0.717) is 31.7 Å². The van der Waals surface area contributed by atoms with Gasteiger partial charge in [-0.15, -0.1) is 0 Å². The fraction of sp³-hybridized carbons (Fsp3) is 0.409. The van der Waals surface area contributed by atoms with E-state index in [1.165, 1.54) is 5.56 Å². The van der Waals surface area contributed by atoms with Gasteiger partial charge in [-0.1, -0.05) is 30.3 Å². The molecular weight excluding hydrogens is 352 g/mol. The molecule has 2 heterocycles. The largest absolute Gasteiger partial charge is 0.350 e. The van der Waals surface area contributed by atoms with Crippen molar-refractivity contribution >= 4 is 17.6 Å². The number of hydrogen-bond donors (Lipinski definition) is 0. The molecule has 148 valence electrons. The Bertz CT molecular complexity index is 797. The minimum absolute atomic E-state index is 0.0265. The summed E-state index contributed by atoms with van der Waals surface area (Å²) >= 11 is 0. The minimum atomic E-state index is -0.0265. The van der Waals surface area contributed by atoms with Crippen LogP contribution >= 0.6 is 0 Å². The zero-order chi connectivity index (χ0) is 20.1. The van der Waals surface area contributed by atoms with Crippen LogP contribution in [-0.4, -0.2) is 58.8 Å². The molecule has 2 aromatic rings. The van der Waals surface area contributed by atoms with Crippen molar-refractivity contribution in [1.82, 2.24) is 14.8 Å². The third-order valence-corrected chi connectivity index (χ3v) is 5.12. The van der Waals surface area contributed by atoms with Crippen LogP contribution in [0.5, 0.6) is 0 Å². The number of piperazine rings is 1. The zero-order valence-corrected chi connectivity index (χ0v) is 16.8. The molecule has 0 atom stereocenters. The molecular formula is C22H28N4O2. The van der Waals surface area contributed by atoms with Gasteiger partial charge in [0.2, 0.25) is 5.91 Å². The molecule has 1 aromatic carbocycles. The average Bonchev–Trinajstić information content (AvgIpc) is 2.72. The quantitative estimate of drug-likeness (QED) is 0.800. The Kier molecular flexibility index (Phi) is 6.29. The molecule has 0 N–H and O–H groups in total. The molecule has 0 unspecified atom stereocenters. The number of aromatic nitrogens is 1. The van der Waals surface area contributed by atoms with Gasteiger partial charge in [-0.25, -0.2) is 4.98 Å². The van der Waals surface area contributed by atoms with E-state index in [1.807, 2.05) is 30.3 Å². The zero-order valence-electron chi connectivity index (χ0n) is 16.8. The van der Waals surface area contributed by atoms with Crippen molar-refractivity contribution < 1.29 is 9.59 Å². The van der Waals surface area contributed by atoms with Crippen molar-refractivity contribution in [3.63, 3.8) is 0 Å². The number of benzene rings is 1. The molecule has 2 amide bonds. The van der Waals surface area contributed by atoms with Crippen LogP contribution in [0.3, 0.4) is 0 Å². The summed E-state index contributed by atoms with van der Waals surface area (Å²) in [4.78, 5) is 34.5. The van der Waals surface area contributed by atoms with Gasteiger partial charge in [-0.05, 0) is 31.5 Å². The van der Waals surface area contributed by atoms with Gasteiger partial charge < -0.3 is 14.7 Å². The van der Waals surface area contributed by atoms with Crippen molar-refractivity contribution in [2.45, 2.75) is 33.4 Å². The van der Waals surface area contributed by atoms with Crippen molar-refractivity contribution in [3.8, 4) is 0 Å². The first-order valence-corrected chi connectivity index (χ1v) is 9.77. The van der Waals surface area contributed by atoms with E-state index >= 15 is 0 Å². The van der Waals surface area contributed by atoms with Crippen LogP contribution in [0.1, 0.15) is 36.7 Å². The lowest BCUT2D eigenvalue weighted by Crippen LogP contribution is -2.50. The molecule has 0 aliphatic carbocycles. The number of hydrogen-bond acceptors (Lipinski definition) is 4. The maximum absolute atomic E-state index is 12.8. The molecule has 0 radical (unpaired) electrons. The number of anilines is 1. The molecule has 1 saturated heterocycles. The highest BCUT2D eigenvalue weighted by molar-refractivity contribution is 5.94.